The Balaban J connectivity index is 1.86. The topological polar surface area (TPSA) is 20.3 Å². The molecule has 0 aromatic heterocycles. The summed E-state index contributed by atoms with van der Waals surface area (Å²) in [5.41, 5.74) is 3.02. The molecule has 0 aliphatic heterocycles. The number of hydrogen-bond acceptors (Lipinski definition) is 2. The molecule has 2 heteroatoms. The second-order valence-electron chi connectivity index (χ2n) is 7.79. The van der Waals surface area contributed by atoms with E-state index in [0.29, 0.717) is 11.7 Å². The molecule has 4 aliphatic rings. The van der Waals surface area contributed by atoms with Gasteiger partial charge in [-0.15, -0.1) is 0 Å². The van der Waals surface area contributed by atoms with E-state index in [1.807, 2.05) is 0 Å². The van der Waals surface area contributed by atoms with Crippen LogP contribution in [0.1, 0.15) is 57.8 Å². The fraction of sp³-hybridized carbons (Fsp3) is 0.737. The zero-order valence-electron chi connectivity index (χ0n) is 13.5. The van der Waals surface area contributed by atoms with E-state index >= 15 is 0 Å². The highest BCUT2D eigenvalue weighted by Crippen LogP contribution is 2.66. The molecule has 21 heavy (non-hydrogen) atoms. The minimum atomic E-state index is -0.101. The maximum Gasteiger partial charge on any atom is 0.145 e. The van der Waals surface area contributed by atoms with Crippen LogP contribution in [0.3, 0.4) is 0 Å². The van der Waals surface area contributed by atoms with E-state index in [0.717, 1.165) is 12.8 Å². The first-order valence-corrected chi connectivity index (χ1v) is 8.75. The molecule has 2 bridgehead atoms. The molecule has 0 aromatic carbocycles. The maximum absolute atomic E-state index is 12.8. The molecule has 0 unspecified atom stereocenters. The van der Waals surface area contributed by atoms with Gasteiger partial charge in [-0.1, -0.05) is 25.0 Å². The van der Waals surface area contributed by atoms with Gasteiger partial charge >= 0.3 is 0 Å². The molecule has 0 saturated heterocycles. The van der Waals surface area contributed by atoms with Gasteiger partial charge in [0, 0.05) is 6.42 Å². The number of carbonyl (C=O) groups excluding carboxylic acids is 1. The van der Waals surface area contributed by atoms with Gasteiger partial charge in [-0.2, -0.15) is 0 Å². The first kappa shape index (κ1) is 13.8. The van der Waals surface area contributed by atoms with E-state index in [9.17, 15) is 4.79 Å². The van der Waals surface area contributed by atoms with Crippen LogP contribution in [0.4, 0.5) is 0 Å². The van der Waals surface area contributed by atoms with Crippen molar-refractivity contribution in [3.63, 3.8) is 0 Å². The van der Waals surface area contributed by atoms with Gasteiger partial charge in [-0.05, 0) is 69.7 Å². The monoisotopic (exact) mass is 285 g/mol. The molecule has 0 heterocycles. The van der Waals surface area contributed by atoms with Crippen molar-refractivity contribution < 1.29 is 4.79 Å². The molecule has 0 aromatic rings. The zero-order valence-corrected chi connectivity index (χ0v) is 13.5. The van der Waals surface area contributed by atoms with Crippen LogP contribution in [0.5, 0.6) is 0 Å². The van der Waals surface area contributed by atoms with Crippen LogP contribution in [0.15, 0.2) is 23.3 Å². The van der Waals surface area contributed by atoms with Crippen LogP contribution in [-0.4, -0.2) is 30.3 Å². The highest BCUT2D eigenvalue weighted by molar-refractivity contribution is 5.95. The molecule has 114 valence electrons. The fourth-order valence-corrected chi connectivity index (χ4v) is 5.81. The average Bonchev–Trinajstić information content (AvgIpc) is 2.95. The predicted octanol–water partition coefficient (Wildman–Crippen LogP) is 3.88. The summed E-state index contributed by atoms with van der Waals surface area (Å²) in [4.78, 5) is 15.2. The third kappa shape index (κ3) is 1.60. The Morgan fingerprint density at radius 3 is 2.76 bits per heavy atom. The average molecular weight is 285 g/mol. The van der Waals surface area contributed by atoms with Gasteiger partial charge in [0.1, 0.15) is 5.78 Å². The Bertz CT molecular complexity index is 544. The number of likely N-dealkylation sites (N-methyl/N-ethyl adjacent to an activating group) is 1. The molecule has 2 nitrogen and oxygen atoms in total. The molecular formula is C19H27NO. The van der Waals surface area contributed by atoms with Crippen LogP contribution in [-0.2, 0) is 4.79 Å². The highest BCUT2D eigenvalue weighted by atomic mass is 16.1. The maximum atomic E-state index is 12.8. The van der Waals surface area contributed by atoms with Crippen molar-refractivity contribution in [2.24, 2.45) is 11.3 Å². The SMILES string of the molecule is CN(C)[C@]12CC(=O)[C@@]3(C=C1C1=CCCCC1)CCCC[C@H]32. The third-order valence-electron chi connectivity index (χ3n) is 6.78. The lowest BCUT2D eigenvalue weighted by molar-refractivity contribution is -0.125. The van der Waals surface area contributed by atoms with E-state index in [4.69, 9.17) is 0 Å². The number of nitrogens with zero attached hydrogens (tertiary/aromatic N) is 1. The molecule has 4 rings (SSSR count). The summed E-state index contributed by atoms with van der Waals surface area (Å²) < 4.78 is 0. The molecule has 2 fully saturated rings. The number of ketones is 1. The summed E-state index contributed by atoms with van der Waals surface area (Å²) >= 11 is 0. The van der Waals surface area contributed by atoms with Crippen molar-refractivity contribution >= 4 is 5.78 Å². The Morgan fingerprint density at radius 1 is 1.19 bits per heavy atom. The lowest BCUT2D eigenvalue weighted by Gasteiger charge is -2.44. The van der Waals surface area contributed by atoms with E-state index in [1.165, 1.54) is 44.9 Å². The Hall–Kier alpha value is -0.890. The second kappa shape index (κ2) is 4.55. The molecular weight excluding hydrogens is 258 g/mol. The van der Waals surface area contributed by atoms with Gasteiger partial charge in [-0.25, -0.2) is 0 Å². The second-order valence-corrected chi connectivity index (χ2v) is 7.79. The smallest absolute Gasteiger partial charge is 0.145 e. The number of allylic oxidation sites excluding steroid dienone is 2. The summed E-state index contributed by atoms with van der Waals surface area (Å²) in [5.74, 6) is 1.07. The molecule has 0 N–H and O–H groups in total. The van der Waals surface area contributed by atoms with Gasteiger partial charge in [0.05, 0.1) is 11.0 Å². The summed E-state index contributed by atoms with van der Waals surface area (Å²) in [7, 11) is 4.39. The van der Waals surface area contributed by atoms with Crippen LogP contribution >= 0.6 is 0 Å². The summed E-state index contributed by atoms with van der Waals surface area (Å²) in [5, 5.41) is 0. The van der Waals surface area contributed by atoms with E-state index in [2.05, 4.69) is 31.1 Å². The van der Waals surface area contributed by atoms with E-state index in [1.54, 1.807) is 11.1 Å². The number of hydrogen-bond donors (Lipinski definition) is 0. The van der Waals surface area contributed by atoms with Crippen LogP contribution in [0.25, 0.3) is 0 Å². The lowest BCUT2D eigenvalue weighted by Crippen LogP contribution is -2.49. The highest BCUT2D eigenvalue weighted by Gasteiger charge is 2.68. The van der Waals surface area contributed by atoms with Gasteiger partial charge in [0.25, 0.3) is 0 Å². The van der Waals surface area contributed by atoms with Gasteiger partial charge < -0.3 is 0 Å². The van der Waals surface area contributed by atoms with Crippen molar-refractivity contribution in [2.75, 3.05) is 14.1 Å². The predicted molar refractivity (Wildman–Crippen MR) is 85.1 cm³/mol. The van der Waals surface area contributed by atoms with Crippen molar-refractivity contribution in [1.29, 1.82) is 0 Å². The van der Waals surface area contributed by atoms with Gasteiger partial charge in [0.2, 0.25) is 0 Å². The largest absolute Gasteiger partial charge is 0.299 e. The molecule has 2 saturated carbocycles. The summed E-state index contributed by atoms with van der Waals surface area (Å²) in [6.07, 6.45) is 15.6. The molecule has 3 atom stereocenters. The standard InChI is InChI=1S/C19H27NO/c1-20(2)19-13-17(21)18(11-7-6-10-16(18)19)12-15(19)14-8-4-3-5-9-14/h8,12,16H,3-7,9-11,13H2,1-2H3/t16-,18-,19-/m1/s1. The number of Topliss-reactive ketones (excluding diaryl/α,β-unsaturated/α-hetero) is 1. The lowest BCUT2D eigenvalue weighted by atomic mass is 9.68. The zero-order chi connectivity index (χ0) is 14.7. The van der Waals surface area contributed by atoms with Crippen molar-refractivity contribution in [3.8, 4) is 0 Å². The fourth-order valence-electron chi connectivity index (χ4n) is 5.81. The van der Waals surface area contributed by atoms with E-state index < -0.39 is 0 Å². The molecule has 0 radical (unpaired) electrons. The minimum absolute atomic E-state index is 0.0146. The summed E-state index contributed by atoms with van der Waals surface area (Å²) in [6, 6.07) is 0. The quantitative estimate of drug-likeness (QED) is 0.767. The van der Waals surface area contributed by atoms with Gasteiger partial charge in [-0.3, -0.25) is 9.69 Å². The van der Waals surface area contributed by atoms with E-state index in [-0.39, 0.29) is 11.0 Å². The van der Waals surface area contributed by atoms with Crippen LogP contribution in [0, 0.1) is 11.3 Å². The Labute approximate surface area is 128 Å². The molecule has 4 aliphatic carbocycles. The number of rotatable bonds is 2. The van der Waals surface area contributed by atoms with Crippen molar-refractivity contribution in [3.05, 3.63) is 23.3 Å². The van der Waals surface area contributed by atoms with Crippen molar-refractivity contribution in [1.82, 2.24) is 4.90 Å². The van der Waals surface area contributed by atoms with Crippen molar-refractivity contribution in [2.45, 2.75) is 63.3 Å². The van der Waals surface area contributed by atoms with Crippen LogP contribution < -0.4 is 0 Å². The Morgan fingerprint density at radius 2 is 2.05 bits per heavy atom. The minimum Gasteiger partial charge on any atom is -0.299 e. The first-order valence-electron chi connectivity index (χ1n) is 8.75. The first-order chi connectivity index (χ1) is 10.1. The summed E-state index contributed by atoms with van der Waals surface area (Å²) in [6.45, 7) is 0. The van der Waals surface area contributed by atoms with Gasteiger partial charge in [0.15, 0.2) is 0 Å². The third-order valence-corrected chi connectivity index (χ3v) is 6.78. The number of carbonyl (C=O) groups is 1. The molecule has 0 spiro atoms. The molecule has 0 amide bonds. The van der Waals surface area contributed by atoms with Crippen LogP contribution in [0.2, 0.25) is 0 Å². The Kier molecular flexibility index (Phi) is 2.98. The normalized spacial score (nSPS) is 42.0.